The standard InChI is InChI=1S/C64H124O17P2/c1-9-56(7)42-34-26-17-14-15-18-28-36-44-61(66)74-50-59(80-63(68)46-38-30-19-13-11-12-16-24-32-40-54(3)4)52-78-82(70,71)76-48-58(65)49-77-83(72,73)79-53-60(81-64(69)47-39-31-22-20-25-33-41-55(5)6)51-75-62(67)45-37-29-23-21-27-35-43-57(8)10-2/h54-60,65H,9-53H2,1-8H3,(H,70,71)(H,72,73)/t56?,57?,58-,59-,60-/m1/s1. The Bertz CT molecular complexity index is 1670. The maximum Gasteiger partial charge on any atom is 0.472 e. The van der Waals surface area contributed by atoms with E-state index in [4.69, 9.17) is 37.0 Å². The topological polar surface area (TPSA) is 237 Å². The van der Waals surface area contributed by atoms with Crippen molar-refractivity contribution in [3.05, 3.63) is 0 Å². The van der Waals surface area contributed by atoms with Crippen LogP contribution < -0.4 is 0 Å². The SMILES string of the molecule is CCC(C)CCCCCCCCCCC(=O)OC[C@H](COP(=O)(O)OC[C@@H](O)COP(=O)(O)OC[C@@H](COC(=O)CCCCCCCCC(C)CC)OC(=O)CCCCCCCCC(C)C)OC(=O)CCCCCCCCCCCC(C)C. The Balaban J connectivity index is 5.26. The summed E-state index contributed by atoms with van der Waals surface area (Å²) in [6.45, 7) is 13.9. The number of carbonyl (C=O) groups excluding carboxylic acids is 4. The highest BCUT2D eigenvalue weighted by atomic mass is 31.2. The van der Waals surface area contributed by atoms with Crippen LogP contribution >= 0.6 is 15.6 Å². The minimum absolute atomic E-state index is 0.100. The second-order valence-electron chi connectivity index (χ2n) is 24.6. The fourth-order valence-electron chi connectivity index (χ4n) is 9.36. The van der Waals surface area contributed by atoms with E-state index in [-0.39, 0.29) is 25.7 Å². The van der Waals surface area contributed by atoms with Gasteiger partial charge in [0.15, 0.2) is 12.2 Å². The van der Waals surface area contributed by atoms with Crippen LogP contribution in [0.3, 0.4) is 0 Å². The lowest BCUT2D eigenvalue weighted by Gasteiger charge is -2.21. The third kappa shape index (κ3) is 56.3. The maximum absolute atomic E-state index is 13.0. The molecule has 0 spiro atoms. The lowest BCUT2D eigenvalue weighted by molar-refractivity contribution is -0.161. The number of rotatable bonds is 61. The minimum Gasteiger partial charge on any atom is -0.462 e. The molecule has 0 aliphatic rings. The van der Waals surface area contributed by atoms with Crippen molar-refractivity contribution in [2.75, 3.05) is 39.6 Å². The fraction of sp³-hybridized carbons (Fsp3) is 0.938. The van der Waals surface area contributed by atoms with Crippen LogP contribution in [0.15, 0.2) is 0 Å². The highest BCUT2D eigenvalue weighted by Crippen LogP contribution is 2.45. The number of carbonyl (C=O) groups is 4. The van der Waals surface area contributed by atoms with E-state index in [0.29, 0.717) is 31.6 Å². The van der Waals surface area contributed by atoms with Crippen molar-refractivity contribution >= 4 is 39.5 Å². The summed E-state index contributed by atoms with van der Waals surface area (Å²) in [5.74, 6) is 0.771. The van der Waals surface area contributed by atoms with Gasteiger partial charge in [0.25, 0.3) is 0 Å². The molecule has 0 saturated carbocycles. The minimum atomic E-state index is -4.95. The van der Waals surface area contributed by atoms with Crippen molar-refractivity contribution in [3.8, 4) is 0 Å². The lowest BCUT2D eigenvalue weighted by Crippen LogP contribution is -2.30. The highest BCUT2D eigenvalue weighted by Gasteiger charge is 2.30. The monoisotopic (exact) mass is 1230 g/mol. The molecular weight excluding hydrogens is 1100 g/mol. The summed E-state index contributed by atoms with van der Waals surface area (Å²) in [5, 5.41) is 10.5. The maximum atomic E-state index is 13.0. The Labute approximate surface area is 505 Å². The number of hydrogen-bond donors (Lipinski definition) is 3. The van der Waals surface area contributed by atoms with Gasteiger partial charge >= 0.3 is 39.5 Å². The Hall–Kier alpha value is -1.94. The van der Waals surface area contributed by atoms with Gasteiger partial charge in [0, 0.05) is 25.7 Å². The molecule has 4 unspecified atom stereocenters. The van der Waals surface area contributed by atoms with E-state index in [1.54, 1.807) is 0 Å². The number of phosphoric acid groups is 2. The first-order chi connectivity index (χ1) is 39.7. The molecule has 0 amide bonds. The molecule has 0 aromatic carbocycles. The first-order valence-corrected chi connectivity index (χ1v) is 36.3. The quantitative estimate of drug-likeness (QED) is 0.0222. The molecule has 3 N–H and O–H groups in total. The number of unbranched alkanes of at least 4 members (excludes halogenated alkanes) is 25. The summed E-state index contributed by atoms with van der Waals surface area (Å²) in [5.41, 5.74) is 0. The Morgan fingerprint density at radius 1 is 0.337 bits per heavy atom. The van der Waals surface area contributed by atoms with Gasteiger partial charge in [-0.15, -0.1) is 0 Å². The van der Waals surface area contributed by atoms with Crippen molar-refractivity contribution in [1.82, 2.24) is 0 Å². The van der Waals surface area contributed by atoms with E-state index in [1.165, 1.54) is 103 Å². The summed E-state index contributed by atoms with van der Waals surface area (Å²) in [6.07, 6.45) is 33.6. The summed E-state index contributed by atoms with van der Waals surface area (Å²) >= 11 is 0. The van der Waals surface area contributed by atoms with Crippen molar-refractivity contribution in [2.45, 2.75) is 324 Å². The summed E-state index contributed by atoms with van der Waals surface area (Å²) in [7, 11) is -9.89. The molecule has 0 radical (unpaired) electrons. The zero-order chi connectivity index (χ0) is 61.8. The number of ether oxygens (including phenoxy) is 4. The number of phosphoric ester groups is 2. The molecule has 0 fully saturated rings. The van der Waals surface area contributed by atoms with Gasteiger partial charge in [0.1, 0.15) is 19.3 Å². The molecule has 0 heterocycles. The average molecular weight is 1230 g/mol. The molecule has 0 saturated heterocycles. The third-order valence-corrected chi connectivity index (χ3v) is 17.2. The number of aliphatic hydroxyl groups excluding tert-OH is 1. The average Bonchev–Trinajstić information content (AvgIpc) is 3.45. The van der Waals surface area contributed by atoms with Crippen molar-refractivity contribution in [2.24, 2.45) is 23.7 Å². The molecule has 0 aliphatic heterocycles. The van der Waals surface area contributed by atoms with E-state index in [1.807, 2.05) is 0 Å². The highest BCUT2D eigenvalue weighted by molar-refractivity contribution is 7.47. The molecule has 19 heteroatoms. The van der Waals surface area contributed by atoms with Crippen LogP contribution in [0.1, 0.15) is 306 Å². The van der Waals surface area contributed by atoms with Crippen LogP contribution in [0, 0.1) is 23.7 Å². The molecule has 17 nitrogen and oxygen atoms in total. The second kappa shape index (κ2) is 54.2. The van der Waals surface area contributed by atoms with Crippen LogP contribution in [-0.2, 0) is 65.4 Å². The summed E-state index contributed by atoms with van der Waals surface area (Å²) in [6, 6.07) is 0. The van der Waals surface area contributed by atoms with E-state index in [0.717, 1.165) is 114 Å². The lowest BCUT2D eigenvalue weighted by atomic mass is 9.99. The first-order valence-electron chi connectivity index (χ1n) is 33.3. The summed E-state index contributed by atoms with van der Waals surface area (Å²) in [4.78, 5) is 72.2. The molecular formula is C64H124O17P2. The smallest absolute Gasteiger partial charge is 0.462 e. The van der Waals surface area contributed by atoms with E-state index < -0.39 is 97.5 Å². The second-order valence-corrected chi connectivity index (χ2v) is 27.5. The van der Waals surface area contributed by atoms with E-state index in [2.05, 4.69) is 55.4 Å². The number of aliphatic hydroxyl groups is 1. The zero-order valence-electron chi connectivity index (χ0n) is 53.8. The van der Waals surface area contributed by atoms with Crippen LogP contribution in [0.25, 0.3) is 0 Å². The van der Waals surface area contributed by atoms with Crippen LogP contribution in [-0.4, -0.2) is 96.7 Å². The van der Waals surface area contributed by atoms with Gasteiger partial charge in [-0.2, -0.15) is 0 Å². The van der Waals surface area contributed by atoms with Gasteiger partial charge in [0.05, 0.1) is 26.4 Å². The van der Waals surface area contributed by atoms with Gasteiger partial charge in [-0.05, 0) is 49.4 Å². The Kier molecular flexibility index (Phi) is 53.0. The van der Waals surface area contributed by atoms with Gasteiger partial charge < -0.3 is 33.8 Å². The molecule has 0 aliphatic carbocycles. The molecule has 0 rings (SSSR count). The Morgan fingerprint density at radius 2 is 0.578 bits per heavy atom. The zero-order valence-corrected chi connectivity index (χ0v) is 55.6. The normalized spacial score (nSPS) is 15.1. The van der Waals surface area contributed by atoms with Crippen LogP contribution in [0.2, 0.25) is 0 Å². The van der Waals surface area contributed by atoms with Gasteiger partial charge in [0.2, 0.25) is 0 Å². The molecule has 83 heavy (non-hydrogen) atoms. The van der Waals surface area contributed by atoms with Gasteiger partial charge in [-0.25, -0.2) is 9.13 Å². The van der Waals surface area contributed by atoms with Gasteiger partial charge in [-0.3, -0.25) is 37.3 Å². The van der Waals surface area contributed by atoms with Crippen molar-refractivity contribution in [3.63, 3.8) is 0 Å². The van der Waals surface area contributed by atoms with Crippen LogP contribution in [0.5, 0.6) is 0 Å². The largest absolute Gasteiger partial charge is 0.472 e. The van der Waals surface area contributed by atoms with E-state index in [9.17, 15) is 43.2 Å². The fourth-order valence-corrected chi connectivity index (χ4v) is 10.9. The molecule has 492 valence electrons. The van der Waals surface area contributed by atoms with E-state index >= 15 is 0 Å². The number of hydrogen-bond acceptors (Lipinski definition) is 15. The third-order valence-electron chi connectivity index (χ3n) is 15.3. The first kappa shape index (κ1) is 81.1. The van der Waals surface area contributed by atoms with Crippen LogP contribution in [0.4, 0.5) is 0 Å². The van der Waals surface area contributed by atoms with Crippen molar-refractivity contribution < 1.29 is 80.2 Å². The predicted octanol–water partition coefficient (Wildman–Crippen LogP) is 17.4. The Morgan fingerprint density at radius 3 is 0.855 bits per heavy atom. The molecule has 0 aromatic heterocycles. The molecule has 7 atom stereocenters. The molecule has 0 aromatic rings. The van der Waals surface area contributed by atoms with Gasteiger partial charge in [-0.1, -0.05) is 254 Å². The number of esters is 4. The molecule has 0 bridgehead atoms. The summed E-state index contributed by atoms with van der Waals surface area (Å²) < 4.78 is 68.0. The predicted molar refractivity (Wildman–Crippen MR) is 331 cm³/mol. The van der Waals surface area contributed by atoms with Crippen molar-refractivity contribution in [1.29, 1.82) is 0 Å².